The molecule has 5 rings (SSSR count). The Bertz CT molecular complexity index is 1390. The number of nitrogens with zero attached hydrogens (tertiary/aromatic N) is 3. The van der Waals surface area contributed by atoms with Crippen LogP contribution in [-0.4, -0.2) is 21.6 Å². The van der Waals surface area contributed by atoms with Gasteiger partial charge in [-0.25, -0.2) is 4.90 Å². The predicted molar refractivity (Wildman–Crippen MR) is 113 cm³/mol. The molecule has 3 aromatic carbocycles. The molecule has 0 radical (unpaired) electrons. The molecule has 0 aromatic heterocycles. The van der Waals surface area contributed by atoms with E-state index in [9.17, 15) is 25.0 Å². The predicted octanol–water partition coefficient (Wildman–Crippen LogP) is 4.16. The molecule has 0 saturated carbocycles. The van der Waals surface area contributed by atoms with Crippen LogP contribution in [0.2, 0.25) is 0 Å². The van der Waals surface area contributed by atoms with Gasteiger partial charge in [0.25, 0.3) is 5.69 Å². The van der Waals surface area contributed by atoms with Crippen LogP contribution in [0.4, 0.5) is 5.69 Å². The summed E-state index contributed by atoms with van der Waals surface area (Å²) in [6.07, 6.45) is 0.0720. The quantitative estimate of drug-likeness (QED) is 0.354. The number of likely N-dealkylation sites (tertiary alicyclic amines) is 1. The number of imide groups is 1. The first-order chi connectivity index (χ1) is 15.5. The number of ether oxygens (including phenoxy) is 1. The number of allylic oxidation sites excluding steroid dienone is 1. The highest BCUT2D eigenvalue weighted by Gasteiger charge is 2.41. The van der Waals surface area contributed by atoms with Crippen LogP contribution in [0, 0.1) is 21.4 Å². The van der Waals surface area contributed by atoms with Crippen molar-refractivity contribution in [3.63, 3.8) is 0 Å². The summed E-state index contributed by atoms with van der Waals surface area (Å²) in [4.78, 5) is 36.8. The number of hydrogen-bond acceptors (Lipinski definition) is 6. The fourth-order valence-electron chi connectivity index (χ4n) is 4.28. The number of hydrogen-bond donors (Lipinski definition) is 0. The SMILES string of the molecule is N#CC1=C(N2C(=O)CCC2=O)Oc2c(ccc3ccccc23)C1c1cccc([N+](=O)[O-])c1. The molecule has 8 heteroatoms. The lowest BCUT2D eigenvalue weighted by Crippen LogP contribution is -2.35. The van der Waals surface area contributed by atoms with E-state index in [2.05, 4.69) is 6.07 Å². The number of nitro groups is 1. The van der Waals surface area contributed by atoms with Crippen LogP contribution < -0.4 is 4.74 Å². The van der Waals surface area contributed by atoms with E-state index in [-0.39, 0.29) is 30.0 Å². The van der Waals surface area contributed by atoms with Gasteiger partial charge >= 0.3 is 0 Å². The van der Waals surface area contributed by atoms with Gasteiger partial charge in [0.15, 0.2) is 0 Å². The van der Waals surface area contributed by atoms with Crippen LogP contribution in [-0.2, 0) is 9.59 Å². The number of non-ortho nitro benzene ring substituents is 1. The molecule has 0 aliphatic carbocycles. The monoisotopic (exact) mass is 425 g/mol. The number of fused-ring (bicyclic) bond motifs is 3. The van der Waals surface area contributed by atoms with Crippen molar-refractivity contribution in [1.29, 1.82) is 5.26 Å². The third kappa shape index (κ3) is 2.91. The van der Waals surface area contributed by atoms with Crippen molar-refractivity contribution in [3.05, 3.63) is 93.4 Å². The summed E-state index contributed by atoms with van der Waals surface area (Å²) in [6, 6.07) is 19.2. The zero-order valence-electron chi connectivity index (χ0n) is 16.6. The molecule has 2 amide bonds. The summed E-state index contributed by atoms with van der Waals surface area (Å²) in [7, 11) is 0. The Morgan fingerprint density at radius 3 is 2.50 bits per heavy atom. The standard InChI is InChI=1S/C24H15N3O5/c25-13-19-22(15-5-3-6-16(12-15)27(30)31)18-9-8-14-4-1-2-7-17(14)23(18)32-24(19)26-20(28)10-11-21(26)29/h1-9,12,22H,10-11H2. The minimum Gasteiger partial charge on any atom is -0.438 e. The van der Waals surface area contributed by atoms with Gasteiger partial charge in [-0.05, 0) is 10.9 Å². The van der Waals surface area contributed by atoms with Crippen molar-refractivity contribution in [2.24, 2.45) is 0 Å². The Labute approximate surface area is 182 Å². The second-order valence-electron chi connectivity index (χ2n) is 7.55. The van der Waals surface area contributed by atoms with Gasteiger partial charge in [0.1, 0.15) is 17.4 Å². The molecule has 1 saturated heterocycles. The fraction of sp³-hybridized carbons (Fsp3) is 0.125. The molecule has 1 unspecified atom stereocenters. The normalized spacial score (nSPS) is 17.8. The van der Waals surface area contributed by atoms with E-state index in [0.717, 1.165) is 15.7 Å². The lowest BCUT2D eigenvalue weighted by molar-refractivity contribution is -0.384. The molecule has 32 heavy (non-hydrogen) atoms. The average Bonchev–Trinajstić information content (AvgIpc) is 3.15. The van der Waals surface area contributed by atoms with Crippen LogP contribution in [0.15, 0.2) is 72.1 Å². The first kappa shape index (κ1) is 19.5. The first-order valence-electron chi connectivity index (χ1n) is 9.93. The molecular formula is C24H15N3O5. The van der Waals surface area contributed by atoms with Gasteiger partial charge in [-0.3, -0.25) is 19.7 Å². The van der Waals surface area contributed by atoms with E-state index in [1.54, 1.807) is 12.1 Å². The zero-order valence-corrected chi connectivity index (χ0v) is 16.6. The lowest BCUT2D eigenvalue weighted by atomic mass is 9.82. The van der Waals surface area contributed by atoms with Crippen LogP contribution >= 0.6 is 0 Å². The van der Waals surface area contributed by atoms with E-state index in [4.69, 9.17) is 4.74 Å². The number of carbonyl (C=O) groups excluding carboxylic acids is 2. The molecule has 2 heterocycles. The van der Waals surface area contributed by atoms with Gasteiger partial charge in [0.2, 0.25) is 17.7 Å². The van der Waals surface area contributed by atoms with Crippen molar-refractivity contribution >= 4 is 28.3 Å². The molecule has 156 valence electrons. The molecule has 0 bridgehead atoms. The third-order valence-electron chi connectivity index (χ3n) is 5.73. The van der Waals surface area contributed by atoms with Crippen molar-refractivity contribution in [2.75, 3.05) is 0 Å². The van der Waals surface area contributed by atoms with Gasteiger partial charge in [-0.2, -0.15) is 5.26 Å². The van der Waals surface area contributed by atoms with Crippen molar-refractivity contribution in [2.45, 2.75) is 18.8 Å². The summed E-state index contributed by atoms with van der Waals surface area (Å²) in [6.45, 7) is 0. The molecule has 0 spiro atoms. The van der Waals surface area contributed by atoms with Gasteiger partial charge in [-0.1, -0.05) is 48.5 Å². The maximum Gasteiger partial charge on any atom is 0.269 e. The third-order valence-corrected chi connectivity index (χ3v) is 5.73. The van der Waals surface area contributed by atoms with E-state index in [1.165, 1.54) is 12.1 Å². The van der Waals surface area contributed by atoms with Crippen LogP contribution in [0.25, 0.3) is 10.8 Å². The minimum absolute atomic E-state index is 0.0360. The summed E-state index contributed by atoms with van der Waals surface area (Å²) >= 11 is 0. The lowest BCUT2D eigenvalue weighted by Gasteiger charge is -2.31. The second-order valence-corrected chi connectivity index (χ2v) is 7.55. The smallest absolute Gasteiger partial charge is 0.269 e. The zero-order chi connectivity index (χ0) is 22.4. The first-order valence-corrected chi connectivity index (χ1v) is 9.93. The Balaban J connectivity index is 1.81. The van der Waals surface area contributed by atoms with Gasteiger partial charge in [0, 0.05) is 35.9 Å². The molecule has 2 aliphatic heterocycles. The summed E-state index contributed by atoms with van der Waals surface area (Å²) in [5.74, 6) is -1.34. The molecule has 0 N–H and O–H groups in total. The number of rotatable bonds is 3. The molecule has 2 aliphatic rings. The maximum absolute atomic E-state index is 12.5. The topological polar surface area (TPSA) is 114 Å². The second kappa shape index (κ2) is 7.32. The van der Waals surface area contributed by atoms with Crippen molar-refractivity contribution in [3.8, 4) is 11.8 Å². The van der Waals surface area contributed by atoms with Gasteiger partial charge < -0.3 is 4.74 Å². The minimum atomic E-state index is -0.746. The molecule has 3 aromatic rings. The Morgan fingerprint density at radius 2 is 1.78 bits per heavy atom. The fourth-order valence-corrected chi connectivity index (χ4v) is 4.28. The van der Waals surface area contributed by atoms with Crippen molar-refractivity contribution in [1.82, 2.24) is 4.90 Å². The van der Waals surface area contributed by atoms with Crippen LogP contribution in [0.5, 0.6) is 5.75 Å². The summed E-state index contributed by atoms with van der Waals surface area (Å²) in [5, 5.41) is 23.1. The Morgan fingerprint density at radius 1 is 1.03 bits per heavy atom. The largest absolute Gasteiger partial charge is 0.438 e. The molecule has 1 atom stereocenters. The summed E-state index contributed by atoms with van der Waals surface area (Å²) in [5.41, 5.74) is 1.05. The Kier molecular flexibility index (Phi) is 4.45. The number of amides is 2. The number of nitriles is 1. The number of nitro benzene ring substituents is 1. The highest BCUT2D eigenvalue weighted by molar-refractivity contribution is 6.04. The Hall–Kier alpha value is -4.51. The average molecular weight is 425 g/mol. The highest BCUT2D eigenvalue weighted by Crippen LogP contribution is 2.47. The maximum atomic E-state index is 12.5. The van der Waals surface area contributed by atoms with E-state index in [0.29, 0.717) is 16.9 Å². The van der Waals surface area contributed by atoms with E-state index >= 15 is 0 Å². The molecule has 8 nitrogen and oxygen atoms in total. The van der Waals surface area contributed by atoms with Gasteiger partial charge in [-0.15, -0.1) is 0 Å². The van der Waals surface area contributed by atoms with Crippen LogP contribution in [0.3, 0.4) is 0 Å². The number of benzene rings is 3. The molecule has 1 fully saturated rings. The van der Waals surface area contributed by atoms with Gasteiger partial charge in [0.05, 0.1) is 10.8 Å². The van der Waals surface area contributed by atoms with Crippen LogP contribution in [0.1, 0.15) is 29.9 Å². The highest BCUT2D eigenvalue weighted by atomic mass is 16.6. The van der Waals surface area contributed by atoms with E-state index < -0.39 is 22.7 Å². The van der Waals surface area contributed by atoms with Crippen molar-refractivity contribution < 1.29 is 19.2 Å². The molecular weight excluding hydrogens is 410 g/mol. The summed E-state index contributed by atoms with van der Waals surface area (Å²) < 4.78 is 6.11. The van der Waals surface area contributed by atoms with E-state index in [1.807, 2.05) is 36.4 Å². The number of carbonyl (C=O) groups is 2.